The van der Waals surface area contributed by atoms with Crippen LogP contribution in [0.25, 0.3) is 42.0 Å². The average molecular weight is 370 g/mol. The van der Waals surface area contributed by atoms with Gasteiger partial charge in [-0.2, -0.15) is 0 Å². The molecule has 27 heavy (non-hydrogen) atoms. The van der Waals surface area contributed by atoms with E-state index >= 15 is 0 Å². The van der Waals surface area contributed by atoms with E-state index in [1.54, 1.807) is 5.56 Å². The van der Waals surface area contributed by atoms with E-state index in [1.165, 1.54) is 74.1 Å². The minimum Gasteiger partial charge on any atom is -0.344 e. The molecule has 0 saturated heterocycles. The Kier molecular flexibility index (Phi) is 3.40. The molecule has 1 saturated carbocycles. The highest BCUT2D eigenvalue weighted by Crippen LogP contribution is 2.41. The first kappa shape index (κ1) is 15.7. The predicted molar refractivity (Wildman–Crippen MR) is 119 cm³/mol. The van der Waals surface area contributed by atoms with Crippen molar-refractivity contribution in [3.8, 4) is 0 Å². The number of nitrogens with zero attached hydrogens (tertiary/aromatic N) is 1. The highest BCUT2D eigenvalue weighted by Gasteiger charge is 2.17. The van der Waals surface area contributed by atoms with Gasteiger partial charge in [0.15, 0.2) is 0 Å². The van der Waals surface area contributed by atoms with Gasteiger partial charge in [-0.3, -0.25) is 0 Å². The minimum atomic E-state index is 0.774. The molecule has 1 nitrogen and oxygen atoms in total. The lowest BCUT2D eigenvalue weighted by molar-refractivity contribution is 0.444. The standard InChI is InChI=1S/C25H23NS/c1-26-22-10-6-5-9-18(22)20-15-25-21(14-23(20)26)19-12-11-17(13-24(19)27-25)16-7-3-2-4-8-16/h5-6,9-16H,2-4,7-8H2,1H3. The molecular formula is C25H23NS. The number of thiophene rings is 1. The van der Waals surface area contributed by atoms with Crippen LogP contribution in [0.5, 0.6) is 0 Å². The third kappa shape index (κ3) is 2.29. The van der Waals surface area contributed by atoms with Crippen LogP contribution in [0.4, 0.5) is 0 Å². The van der Waals surface area contributed by atoms with Crippen molar-refractivity contribution in [1.82, 2.24) is 4.57 Å². The molecule has 5 aromatic rings. The van der Waals surface area contributed by atoms with Gasteiger partial charge in [0.25, 0.3) is 0 Å². The van der Waals surface area contributed by atoms with E-state index in [0.717, 1.165) is 5.92 Å². The Morgan fingerprint density at radius 2 is 1.56 bits per heavy atom. The lowest BCUT2D eigenvalue weighted by Crippen LogP contribution is -2.03. The fourth-order valence-corrected chi connectivity index (χ4v) is 6.31. The number of hydrogen-bond acceptors (Lipinski definition) is 1. The molecule has 0 N–H and O–H groups in total. The number of aromatic nitrogens is 1. The molecular weight excluding hydrogens is 346 g/mol. The van der Waals surface area contributed by atoms with Gasteiger partial charge in [-0.1, -0.05) is 49.6 Å². The summed E-state index contributed by atoms with van der Waals surface area (Å²) in [4.78, 5) is 0. The quantitative estimate of drug-likeness (QED) is 0.285. The van der Waals surface area contributed by atoms with Gasteiger partial charge in [0.05, 0.1) is 0 Å². The molecule has 0 bridgehead atoms. The van der Waals surface area contributed by atoms with Crippen LogP contribution in [-0.4, -0.2) is 4.57 Å². The van der Waals surface area contributed by atoms with Crippen LogP contribution in [0.3, 0.4) is 0 Å². The monoisotopic (exact) mass is 369 g/mol. The predicted octanol–water partition coefficient (Wildman–Crippen LogP) is 7.75. The smallest absolute Gasteiger partial charge is 0.0495 e. The molecule has 6 rings (SSSR count). The molecule has 0 unspecified atom stereocenters. The molecule has 0 aliphatic heterocycles. The lowest BCUT2D eigenvalue weighted by Gasteiger charge is -2.21. The number of rotatable bonds is 1. The molecule has 2 heterocycles. The Labute approximate surface area is 163 Å². The first-order valence-corrected chi connectivity index (χ1v) is 10.9. The fourth-order valence-electron chi connectivity index (χ4n) is 5.13. The van der Waals surface area contributed by atoms with Crippen LogP contribution in [0.2, 0.25) is 0 Å². The Bertz CT molecular complexity index is 1310. The fraction of sp³-hybridized carbons (Fsp3) is 0.280. The van der Waals surface area contributed by atoms with Gasteiger partial charge in [0, 0.05) is 49.0 Å². The van der Waals surface area contributed by atoms with Crippen molar-refractivity contribution in [2.45, 2.75) is 38.0 Å². The number of benzene rings is 3. The molecule has 0 amide bonds. The van der Waals surface area contributed by atoms with Crippen LogP contribution in [0, 0.1) is 0 Å². The van der Waals surface area contributed by atoms with Crippen LogP contribution in [-0.2, 0) is 7.05 Å². The average Bonchev–Trinajstić information content (AvgIpc) is 3.22. The lowest BCUT2D eigenvalue weighted by atomic mass is 9.84. The first-order chi connectivity index (χ1) is 13.3. The van der Waals surface area contributed by atoms with E-state index in [1.807, 2.05) is 11.3 Å². The molecule has 0 atom stereocenters. The van der Waals surface area contributed by atoms with Crippen molar-refractivity contribution in [3.05, 3.63) is 60.2 Å². The topological polar surface area (TPSA) is 4.93 Å². The van der Waals surface area contributed by atoms with Crippen molar-refractivity contribution in [1.29, 1.82) is 0 Å². The summed E-state index contributed by atoms with van der Waals surface area (Å²) in [6.45, 7) is 0. The molecule has 134 valence electrons. The number of aryl methyl sites for hydroxylation is 1. The van der Waals surface area contributed by atoms with Crippen molar-refractivity contribution in [2.75, 3.05) is 0 Å². The summed E-state index contributed by atoms with van der Waals surface area (Å²) in [5, 5.41) is 5.56. The zero-order valence-corrected chi connectivity index (χ0v) is 16.5. The van der Waals surface area contributed by atoms with Crippen molar-refractivity contribution in [3.63, 3.8) is 0 Å². The van der Waals surface area contributed by atoms with Crippen molar-refractivity contribution < 1.29 is 0 Å². The summed E-state index contributed by atoms with van der Waals surface area (Å²) >= 11 is 1.96. The number of para-hydroxylation sites is 1. The van der Waals surface area contributed by atoms with E-state index in [9.17, 15) is 0 Å². The van der Waals surface area contributed by atoms with Gasteiger partial charge >= 0.3 is 0 Å². The molecule has 0 radical (unpaired) electrons. The summed E-state index contributed by atoms with van der Waals surface area (Å²) in [5.74, 6) is 0.774. The largest absolute Gasteiger partial charge is 0.344 e. The number of fused-ring (bicyclic) bond motifs is 6. The SMILES string of the molecule is Cn1c2ccccc2c2cc3sc4cc(C5CCCCC5)ccc4c3cc21. The molecule has 2 aromatic heterocycles. The van der Waals surface area contributed by atoms with E-state index < -0.39 is 0 Å². The van der Waals surface area contributed by atoms with E-state index in [2.05, 4.69) is 66.2 Å². The van der Waals surface area contributed by atoms with Crippen molar-refractivity contribution >= 4 is 53.3 Å². The van der Waals surface area contributed by atoms with Gasteiger partial charge in [-0.15, -0.1) is 11.3 Å². The highest BCUT2D eigenvalue weighted by molar-refractivity contribution is 7.25. The zero-order valence-electron chi connectivity index (χ0n) is 15.7. The summed E-state index contributed by atoms with van der Waals surface area (Å²) in [6, 6.07) is 20.8. The maximum Gasteiger partial charge on any atom is 0.0495 e. The van der Waals surface area contributed by atoms with Crippen LogP contribution >= 0.6 is 11.3 Å². The Morgan fingerprint density at radius 3 is 2.44 bits per heavy atom. The maximum atomic E-state index is 2.48. The number of hydrogen-bond donors (Lipinski definition) is 0. The summed E-state index contributed by atoms with van der Waals surface area (Å²) in [6.07, 6.45) is 6.95. The third-order valence-electron chi connectivity index (χ3n) is 6.61. The highest BCUT2D eigenvalue weighted by atomic mass is 32.1. The first-order valence-electron chi connectivity index (χ1n) is 10.1. The van der Waals surface area contributed by atoms with Gasteiger partial charge in [0.1, 0.15) is 0 Å². The van der Waals surface area contributed by atoms with Gasteiger partial charge in [-0.25, -0.2) is 0 Å². The van der Waals surface area contributed by atoms with Crippen LogP contribution in [0.15, 0.2) is 54.6 Å². The van der Waals surface area contributed by atoms with E-state index in [4.69, 9.17) is 0 Å². The van der Waals surface area contributed by atoms with Crippen LogP contribution < -0.4 is 0 Å². The normalized spacial score (nSPS) is 16.2. The maximum absolute atomic E-state index is 2.48. The molecule has 1 aliphatic rings. The molecule has 1 aliphatic carbocycles. The zero-order chi connectivity index (χ0) is 18.0. The van der Waals surface area contributed by atoms with Crippen LogP contribution in [0.1, 0.15) is 43.6 Å². The third-order valence-corrected chi connectivity index (χ3v) is 7.72. The second kappa shape index (κ2) is 5.84. The Balaban J connectivity index is 1.60. The molecule has 2 heteroatoms. The van der Waals surface area contributed by atoms with E-state index in [-0.39, 0.29) is 0 Å². The Hall–Kier alpha value is -2.32. The molecule has 0 spiro atoms. The summed E-state index contributed by atoms with van der Waals surface area (Å²) in [7, 11) is 2.19. The molecule has 1 fully saturated rings. The summed E-state index contributed by atoms with van der Waals surface area (Å²) in [5.41, 5.74) is 4.21. The van der Waals surface area contributed by atoms with Gasteiger partial charge in [0.2, 0.25) is 0 Å². The summed E-state index contributed by atoms with van der Waals surface area (Å²) < 4.78 is 5.20. The minimum absolute atomic E-state index is 0.774. The second-order valence-electron chi connectivity index (χ2n) is 8.13. The van der Waals surface area contributed by atoms with Gasteiger partial charge < -0.3 is 4.57 Å². The second-order valence-corrected chi connectivity index (χ2v) is 9.22. The van der Waals surface area contributed by atoms with Gasteiger partial charge in [-0.05, 0) is 48.6 Å². The van der Waals surface area contributed by atoms with E-state index in [0.29, 0.717) is 0 Å². The van der Waals surface area contributed by atoms with Crippen molar-refractivity contribution in [2.24, 2.45) is 7.05 Å². The Morgan fingerprint density at radius 1 is 0.741 bits per heavy atom. The molecule has 3 aromatic carbocycles.